The van der Waals surface area contributed by atoms with Crippen LogP contribution < -0.4 is 11.1 Å². The molecule has 0 radical (unpaired) electrons. The van der Waals surface area contributed by atoms with Gasteiger partial charge in [0.05, 0.1) is 11.8 Å². The Balaban J connectivity index is 0.00000192. The zero-order valence-electron chi connectivity index (χ0n) is 13.8. The number of hydrogen-bond acceptors (Lipinski definition) is 4. The van der Waals surface area contributed by atoms with Crippen LogP contribution in [0.4, 0.5) is 0 Å². The van der Waals surface area contributed by atoms with Crippen molar-refractivity contribution in [2.24, 2.45) is 5.73 Å². The summed E-state index contributed by atoms with van der Waals surface area (Å²) in [7, 11) is 0. The molecule has 3 atom stereocenters. The van der Waals surface area contributed by atoms with Crippen molar-refractivity contribution < 1.29 is 9.53 Å². The Bertz CT molecular complexity index is 546. The summed E-state index contributed by atoms with van der Waals surface area (Å²) in [5.41, 5.74) is 8.03. The fourth-order valence-corrected chi connectivity index (χ4v) is 3.27. The molecule has 2 aliphatic rings. The lowest BCUT2D eigenvalue weighted by molar-refractivity contribution is -0.132. The summed E-state index contributed by atoms with van der Waals surface area (Å²) in [6.07, 6.45) is 6.26. The molecule has 3 rings (SSSR count). The molecule has 1 fully saturated rings. The molecule has 2 heterocycles. The molecule has 130 valence electrons. The van der Waals surface area contributed by atoms with Gasteiger partial charge in [0, 0.05) is 31.2 Å². The van der Waals surface area contributed by atoms with Crippen molar-refractivity contribution in [2.45, 2.75) is 70.2 Å². The van der Waals surface area contributed by atoms with Crippen LogP contribution in [0.15, 0.2) is 6.20 Å². The summed E-state index contributed by atoms with van der Waals surface area (Å²) in [4.78, 5) is 12.3. The first-order valence-electron chi connectivity index (χ1n) is 8.29. The number of aryl methyl sites for hydroxylation is 1. The lowest BCUT2D eigenvalue weighted by Gasteiger charge is -2.24. The number of hydrogen-bond donors (Lipinski definition) is 2. The van der Waals surface area contributed by atoms with Gasteiger partial charge in [-0.2, -0.15) is 5.10 Å². The standard InChI is InChI=1S/C16H26N4O2.ClH/c1-10(2)20-9-11-3-4-12(7-14(11)19-20)18-16(21)15-6-5-13(8-17)22-15;/h9-10,12-13,15H,3-8,17H2,1-2H3,(H,18,21);1H/t12?,13-,15+;/m1./s1. The van der Waals surface area contributed by atoms with Crippen molar-refractivity contribution in [2.75, 3.05) is 6.54 Å². The van der Waals surface area contributed by atoms with Gasteiger partial charge in [-0.25, -0.2) is 0 Å². The van der Waals surface area contributed by atoms with Crippen molar-refractivity contribution in [1.29, 1.82) is 0 Å². The van der Waals surface area contributed by atoms with Gasteiger partial charge in [-0.15, -0.1) is 12.4 Å². The molecule has 0 aromatic carbocycles. The molecule has 7 heteroatoms. The number of halogens is 1. The van der Waals surface area contributed by atoms with E-state index in [1.165, 1.54) is 5.56 Å². The number of ether oxygens (including phenoxy) is 1. The Kier molecular flexibility index (Phi) is 6.06. The summed E-state index contributed by atoms with van der Waals surface area (Å²) in [6, 6.07) is 0.537. The Labute approximate surface area is 143 Å². The summed E-state index contributed by atoms with van der Waals surface area (Å²) in [5.74, 6) is 0.00712. The minimum absolute atomic E-state index is 0. The Morgan fingerprint density at radius 2 is 2.26 bits per heavy atom. The molecule has 1 aromatic heterocycles. The van der Waals surface area contributed by atoms with E-state index in [1.54, 1.807) is 0 Å². The molecule has 1 aliphatic carbocycles. The summed E-state index contributed by atoms with van der Waals surface area (Å²) >= 11 is 0. The largest absolute Gasteiger partial charge is 0.364 e. The van der Waals surface area contributed by atoms with E-state index in [0.29, 0.717) is 12.6 Å². The van der Waals surface area contributed by atoms with Crippen molar-refractivity contribution in [3.05, 3.63) is 17.5 Å². The third kappa shape index (κ3) is 4.05. The van der Waals surface area contributed by atoms with E-state index in [-0.39, 0.29) is 36.6 Å². The topological polar surface area (TPSA) is 82.2 Å². The molecule has 1 aromatic rings. The number of nitrogens with one attached hydrogen (secondary N) is 1. The highest BCUT2D eigenvalue weighted by molar-refractivity contribution is 5.85. The van der Waals surface area contributed by atoms with Crippen molar-refractivity contribution in [1.82, 2.24) is 15.1 Å². The summed E-state index contributed by atoms with van der Waals surface area (Å²) < 4.78 is 7.68. The molecule has 23 heavy (non-hydrogen) atoms. The highest BCUT2D eigenvalue weighted by Gasteiger charge is 2.32. The second-order valence-corrected chi connectivity index (χ2v) is 6.68. The predicted molar refractivity (Wildman–Crippen MR) is 90.8 cm³/mol. The minimum atomic E-state index is -0.330. The second kappa shape index (κ2) is 7.64. The molecule has 1 unspecified atom stereocenters. The third-order valence-corrected chi connectivity index (χ3v) is 4.64. The van der Waals surface area contributed by atoms with Crippen LogP contribution in [-0.4, -0.2) is 40.5 Å². The van der Waals surface area contributed by atoms with Crippen molar-refractivity contribution in [3.63, 3.8) is 0 Å². The van der Waals surface area contributed by atoms with E-state index in [1.807, 2.05) is 4.68 Å². The first kappa shape index (κ1) is 18.2. The van der Waals surface area contributed by atoms with E-state index in [2.05, 4.69) is 30.5 Å². The molecule has 1 aliphatic heterocycles. The molecule has 3 N–H and O–H groups in total. The van der Waals surface area contributed by atoms with Gasteiger partial charge in [0.25, 0.3) is 0 Å². The van der Waals surface area contributed by atoms with E-state index in [4.69, 9.17) is 10.5 Å². The predicted octanol–water partition coefficient (Wildman–Crippen LogP) is 1.37. The van der Waals surface area contributed by atoms with Gasteiger partial charge < -0.3 is 15.8 Å². The van der Waals surface area contributed by atoms with Gasteiger partial charge in [0.2, 0.25) is 5.91 Å². The zero-order chi connectivity index (χ0) is 15.7. The van der Waals surface area contributed by atoms with Gasteiger partial charge in [0.15, 0.2) is 0 Å². The minimum Gasteiger partial charge on any atom is -0.364 e. The van der Waals surface area contributed by atoms with Gasteiger partial charge in [-0.3, -0.25) is 9.48 Å². The molecule has 0 saturated carbocycles. The molecular weight excluding hydrogens is 316 g/mol. The Morgan fingerprint density at radius 3 is 2.91 bits per heavy atom. The first-order chi connectivity index (χ1) is 10.6. The third-order valence-electron chi connectivity index (χ3n) is 4.64. The number of amides is 1. The van der Waals surface area contributed by atoms with Crippen LogP contribution in [0, 0.1) is 0 Å². The lowest BCUT2D eigenvalue weighted by Crippen LogP contribution is -2.44. The monoisotopic (exact) mass is 342 g/mol. The zero-order valence-corrected chi connectivity index (χ0v) is 14.6. The average molecular weight is 343 g/mol. The maximum absolute atomic E-state index is 12.3. The SMILES string of the molecule is CC(C)n1cc2c(n1)CC(NC(=O)[C@@H]1CC[C@H](CN)O1)CC2.Cl. The van der Waals surface area contributed by atoms with Crippen LogP contribution in [0.3, 0.4) is 0 Å². The van der Waals surface area contributed by atoms with Crippen LogP contribution in [-0.2, 0) is 22.4 Å². The second-order valence-electron chi connectivity index (χ2n) is 6.68. The molecule has 6 nitrogen and oxygen atoms in total. The molecular formula is C16H27ClN4O2. The Hall–Kier alpha value is -1.11. The van der Waals surface area contributed by atoms with E-state index >= 15 is 0 Å². The normalized spacial score (nSPS) is 26.7. The van der Waals surface area contributed by atoms with E-state index in [0.717, 1.165) is 37.8 Å². The lowest BCUT2D eigenvalue weighted by atomic mass is 9.93. The molecule has 1 amide bonds. The average Bonchev–Trinajstić information content (AvgIpc) is 3.13. The number of nitrogens with zero attached hydrogens (tertiary/aromatic N) is 2. The molecule has 0 bridgehead atoms. The maximum Gasteiger partial charge on any atom is 0.249 e. The fraction of sp³-hybridized carbons (Fsp3) is 0.750. The van der Waals surface area contributed by atoms with Crippen LogP contribution in [0.25, 0.3) is 0 Å². The van der Waals surface area contributed by atoms with Crippen molar-refractivity contribution >= 4 is 18.3 Å². The number of fused-ring (bicyclic) bond motifs is 1. The summed E-state index contributed by atoms with van der Waals surface area (Å²) in [5, 5.41) is 7.78. The Morgan fingerprint density at radius 1 is 1.48 bits per heavy atom. The van der Waals surface area contributed by atoms with Gasteiger partial charge >= 0.3 is 0 Å². The number of carbonyl (C=O) groups is 1. The summed E-state index contributed by atoms with van der Waals surface area (Å²) in [6.45, 7) is 4.75. The maximum atomic E-state index is 12.3. The number of nitrogens with two attached hydrogens (primary N) is 1. The quantitative estimate of drug-likeness (QED) is 0.865. The van der Waals surface area contributed by atoms with Crippen LogP contribution in [0.2, 0.25) is 0 Å². The smallest absolute Gasteiger partial charge is 0.249 e. The van der Waals surface area contributed by atoms with Crippen LogP contribution in [0.1, 0.15) is 50.4 Å². The molecule has 1 saturated heterocycles. The van der Waals surface area contributed by atoms with Crippen molar-refractivity contribution in [3.8, 4) is 0 Å². The van der Waals surface area contributed by atoms with Gasteiger partial charge in [-0.1, -0.05) is 0 Å². The van der Waals surface area contributed by atoms with Crippen LogP contribution in [0.5, 0.6) is 0 Å². The number of carbonyl (C=O) groups excluding carboxylic acids is 1. The van der Waals surface area contributed by atoms with Crippen LogP contribution >= 0.6 is 12.4 Å². The number of rotatable bonds is 4. The van der Waals surface area contributed by atoms with Gasteiger partial charge in [0.1, 0.15) is 6.10 Å². The van der Waals surface area contributed by atoms with E-state index < -0.39 is 0 Å². The first-order valence-corrected chi connectivity index (χ1v) is 8.29. The number of aromatic nitrogens is 2. The highest BCUT2D eigenvalue weighted by Crippen LogP contribution is 2.23. The fourth-order valence-electron chi connectivity index (χ4n) is 3.27. The molecule has 0 spiro atoms. The van der Waals surface area contributed by atoms with Gasteiger partial charge in [-0.05, 0) is 45.1 Å². The highest BCUT2D eigenvalue weighted by atomic mass is 35.5. The van der Waals surface area contributed by atoms with E-state index in [9.17, 15) is 4.79 Å².